The highest BCUT2D eigenvalue weighted by atomic mass is 19.1. The summed E-state index contributed by atoms with van der Waals surface area (Å²) in [7, 11) is 1.77. The zero-order valence-electron chi connectivity index (χ0n) is 21.4. The van der Waals surface area contributed by atoms with Crippen LogP contribution in [-0.2, 0) is 20.0 Å². The largest absolute Gasteiger partial charge is 0.367 e. The van der Waals surface area contributed by atoms with Crippen molar-refractivity contribution in [1.82, 2.24) is 19.4 Å². The number of halogens is 1. The van der Waals surface area contributed by atoms with Crippen LogP contribution in [-0.4, -0.2) is 26.0 Å². The van der Waals surface area contributed by atoms with Crippen molar-refractivity contribution in [1.29, 1.82) is 0 Å². The zero-order valence-corrected chi connectivity index (χ0v) is 21.4. The minimum atomic E-state index is -0.203. The van der Waals surface area contributed by atoms with Gasteiger partial charge in [-0.05, 0) is 74.1 Å². The van der Waals surface area contributed by atoms with Crippen molar-refractivity contribution in [2.24, 2.45) is 7.05 Å². The van der Waals surface area contributed by atoms with Crippen LogP contribution in [0.3, 0.4) is 0 Å². The molecule has 2 aromatic heterocycles. The lowest BCUT2D eigenvalue weighted by Gasteiger charge is -2.33. The fourth-order valence-electron chi connectivity index (χ4n) is 4.62. The highest BCUT2D eigenvalue weighted by Gasteiger charge is 2.22. The van der Waals surface area contributed by atoms with E-state index >= 15 is 0 Å². The van der Waals surface area contributed by atoms with E-state index in [0.29, 0.717) is 17.1 Å². The van der Waals surface area contributed by atoms with Crippen LogP contribution in [0.4, 0.5) is 4.39 Å². The summed E-state index contributed by atoms with van der Waals surface area (Å²) in [5.41, 5.74) is 8.55. The van der Waals surface area contributed by atoms with Crippen molar-refractivity contribution >= 4 is 5.57 Å². The molecular formula is C29H33FN4O. The maximum atomic E-state index is 14.2. The van der Waals surface area contributed by atoms with Gasteiger partial charge in [-0.1, -0.05) is 25.1 Å². The van der Waals surface area contributed by atoms with Crippen molar-refractivity contribution in [3.8, 4) is 11.1 Å². The van der Waals surface area contributed by atoms with E-state index in [1.807, 2.05) is 32.2 Å². The van der Waals surface area contributed by atoms with Crippen LogP contribution in [0, 0.1) is 19.7 Å². The molecule has 1 aromatic carbocycles. The van der Waals surface area contributed by atoms with Gasteiger partial charge in [-0.25, -0.2) is 9.37 Å². The van der Waals surface area contributed by atoms with Crippen LogP contribution < -0.4 is 5.56 Å². The van der Waals surface area contributed by atoms with Gasteiger partial charge in [0.25, 0.3) is 5.56 Å². The van der Waals surface area contributed by atoms with E-state index in [2.05, 4.69) is 35.9 Å². The first kappa shape index (κ1) is 24.6. The molecule has 0 fully saturated rings. The average Bonchev–Trinajstić information content (AvgIpc) is 2.85. The zero-order chi connectivity index (χ0) is 25.3. The third-order valence-electron chi connectivity index (χ3n) is 6.83. The highest BCUT2D eigenvalue weighted by Crippen LogP contribution is 2.31. The number of fused-ring (bicyclic) bond motifs is 1. The molecule has 4 rings (SSSR count). The number of hydrogen-bond donors (Lipinski definition) is 0. The summed E-state index contributed by atoms with van der Waals surface area (Å²) in [6.45, 7) is 11.5. The molecule has 0 spiro atoms. The lowest BCUT2D eigenvalue weighted by Crippen LogP contribution is -2.31. The molecule has 5 nitrogen and oxygen atoms in total. The third kappa shape index (κ3) is 4.97. The van der Waals surface area contributed by atoms with Gasteiger partial charge in [0.15, 0.2) is 0 Å². The number of benzene rings is 1. The Balaban J connectivity index is 1.70. The first-order valence-corrected chi connectivity index (χ1v) is 12.1. The van der Waals surface area contributed by atoms with Crippen molar-refractivity contribution in [2.75, 3.05) is 6.54 Å². The predicted molar refractivity (Wildman–Crippen MR) is 139 cm³/mol. The number of aryl methyl sites for hydroxylation is 2. The van der Waals surface area contributed by atoms with Crippen molar-refractivity contribution in [2.45, 2.75) is 54.0 Å². The van der Waals surface area contributed by atoms with E-state index in [4.69, 9.17) is 4.98 Å². The Morgan fingerprint density at radius 3 is 2.63 bits per heavy atom. The molecule has 1 aliphatic rings. The molecule has 3 heterocycles. The number of hydrogen-bond acceptors (Lipinski definition) is 4. The van der Waals surface area contributed by atoms with Gasteiger partial charge < -0.3 is 4.90 Å². The standard InChI is InChI=1S/C29H33FN4O/c1-7-8-27(20(4)21(5)29-32-19(3)13-28(35)33(29)6)34-12-11-26-24(17-34)14-23(16-31-26)22-10-9-18(2)25(30)15-22/h8-10,13-16H,7,11-12,17H2,1-6H3/b21-20-,27-8-. The fourth-order valence-corrected chi connectivity index (χ4v) is 4.62. The molecule has 0 saturated carbocycles. The smallest absolute Gasteiger partial charge is 0.253 e. The van der Waals surface area contributed by atoms with Crippen molar-refractivity contribution < 1.29 is 4.39 Å². The second-order valence-corrected chi connectivity index (χ2v) is 9.33. The lowest BCUT2D eigenvalue weighted by atomic mass is 9.97. The Bertz CT molecular complexity index is 1400. The molecule has 35 heavy (non-hydrogen) atoms. The molecular weight excluding hydrogens is 439 g/mol. The highest BCUT2D eigenvalue weighted by molar-refractivity contribution is 5.67. The molecule has 0 aliphatic carbocycles. The molecule has 0 atom stereocenters. The van der Waals surface area contributed by atoms with E-state index in [0.717, 1.165) is 65.2 Å². The first-order valence-electron chi connectivity index (χ1n) is 12.1. The van der Waals surface area contributed by atoms with Gasteiger partial charge in [0.2, 0.25) is 0 Å². The van der Waals surface area contributed by atoms with Crippen LogP contribution >= 0.6 is 0 Å². The molecule has 0 radical (unpaired) electrons. The molecule has 0 N–H and O–H groups in total. The summed E-state index contributed by atoms with van der Waals surface area (Å²) in [6.07, 6.45) is 5.82. The van der Waals surface area contributed by atoms with Gasteiger partial charge in [0, 0.05) is 61.5 Å². The Kier molecular flexibility index (Phi) is 7.01. The quantitative estimate of drug-likeness (QED) is 0.444. The molecule has 0 unspecified atom stereocenters. The maximum Gasteiger partial charge on any atom is 0.253 e. The summed E-state index contributed by atoms with van der Waals surface area (Å²) in [4.78, 5) is 24.1. The van der Waals surface area contributed by atoms with E-state index < -0.39 is 0 Å². The summed E-state index contributed by atoms with van der Waals surface area (Å²) in [5.74, 6) is 0.489. The van der Waals surface area contributed by atoms with Crippen molar-refractivity contribution in [3.63, 3.8) is 0 Å². The fraction of sp³-hybridized carbons (Fsp3) is 0.345. The molecule has 182 valence electrons. The predicted octanol–water partition coefficient (Wildman–Crippen LogP) is 5.74. The van der Waals surface area contributed by atoms with E-state index in [1.54, 1.807) is 30.7 Å². The van der Waals surface area contributed by atoms with E-state index in [1.165, 1.54) is 0 Å². The summed E-state index contributed by atoms with van der Waals surface area (Å²) >= 11 is 0. The molecule has 1 aliphatic heterocycles. The topological polar surface area (TPSA) is 51.0 Å². The summed E-state index contributed by atoms with van der Waals surface area (Å²) in [5, 5.41) is 0. The SMILES string of the molecule is CC/C=C(/C(C)=C(/C)c1nc(C)cc(=O)n1C)N1CCc2ncc(-c3ccc(C)c(F)c3)cc2C1. The van der Waals surface area contributed by atoms with Crippen LogP contribution in [0.25, 0.3) is 16.7 Å². The Labute approximate surface area is 206 Å². The number of aromatic nitrogens is 3. The third-order valence-corrected chi connectivity index (χ3v) is 6.83. The molecule has 0 bridgehead atoms. The molecule has 0 amide bonds. The van der Waals surface area contributed by atoms with Gasteiger partial charge in [0.05, 0.1) is 0 Å². The van der Waals surface area contributed by atoms with Crippen LogP contribution in [0.5, 0.6) is 0 Å². The maximum absolute atomic E-state index is 14.2. The van der Waals surface area contributed by atoms with Gasteiger partial charge in [0.1, 0.15) is 11.6 Å². The van der Waals surface area contributed by atoms with Crippen LogP contribution in [0.2, 0.25) is 0 Å². The summed E-state index contributed by atoms with van der Waals surface area (Å²) < 4.78 is 15.8. The monoisotopic (exact) mass is 472 g/mol. The first-order chi connectivity index (χ1) is 16.7. The number of nitrogens with zero attached hydrogens (tertiary/aromatic N) is 4. The molecule has 6 heteroatoms. The minimum Gasteiger partial charge on any atom is -0.367 e. The second-order valence-electron chi connectivity index (χ2n) is 9.33. The Morgan fingerprint density at radius 1 is 1.14 bits per heavy atom. The van der Waals surface area contributed by atoms with Gasteiger partial charge >= 0.3 is 0 Å². The number of rotatable bonds is 5. The van der Waals surface area contributed by atoms with Crippen molar-refractivity contribution in [3.05, 3.63) is 98.4 Å². The minimum absolute atomic E-state index is 0.0567. The van der Waals surface area contributed by atoms with Crippen LogP contribution in [0.1, 0.15) is 55.5 Å². The number of pyridine rings is 1. The Morgan fingerprint density at radius 2 is 1.91 bits per heavy atom. The van der Waals surface area contributed by atoms with E-state index in [9.17, 15) is 9.18 Å². The van der Waals surface area contributed by atoms with Gasteiger partial charge in [-0.2, -0.15) is 0 Å². The normalized spacial score (nSPS) is 14.6. The van der Waals surface area contributed by atoms with Gasteiger partial charge in [-0.3, -0.25) is 14.3 Å². The van der Waals surface area contributed by atoms with Crippen LogP contribution in [0.15, 0.2) is 58.7 Å². The summed E-state index contributed by atoms with van der Waals surface area (Å²) in [6, 6.07) is 9.03. The molecule has 3 aromatic rings. The molecule has 0 saturated heterocycles. The number of allylic oxidation sites excluding steroid dienone is 3. The Hall–Kier alpha value is -3.54. The van der Waals surface area contributed by atoms with E-state index in [-0.39, 0.29) is 11.4 Å². The van der Waals surface area contributed by atoms with Gasteiger partial charge in [-0.15, -0.1) is 0 Å². The lowest BCUT2D eigenvalue weighted by molar-refractivity contribution is 0.324. The second kappa shape index (κ2) is 9.98. The average molecular weight is 473 g/mol.